The number of nitrogens with one attached hydrogen (secondary N) is 2. The van der Waals surface area contributed by atoms with E-state index in [9.17, 15) is 9.18 Å². The molecule has 1 aromatic carbocycles. The molecule has 1 saturated heterocycles. The zero-order chi connectivity index (χ0) is 14.4. The smallest absolute Gasteiger partial charge is 0.251 e. The van der Waals surface area contributed by atoms with E-state index in [1.165, 1.54) is 18.2 Å². The van der Waals surface area contributed by atoms with E-state index in [1.54, 1.807) is 0 Å². The lowest BCUT2D eigenvalue weighted by Gasteiger charge is -2.27. The van der Waals surface area contributed by atoms with Crippen molar-refractivity contribution < 1.29 is 9.18 Å². The SMILES string of the molecule is O=C(NCCCN1CCNCC1)c1ccc(F)c(Cl)c1. The molecule has 0 unspecified atom stereocenters. The van der Waals surface area contributed by atoms with Crippen molar-refractivity contribution in [2.45, 2.75) is 6.42 Å². The topological polar surface area (TPSA) is 44.4 Å². The van der Waals surface area contributed by atoms with Crippen LogP contribution in [0.4, 0.5) is 4.39 Å². The normalized spacial score (nSPS) is 16.1. The Labute approximate surface area is 123 Å². The number of carbonyl (C=O) groups is 1. The molecule has 20 heavy (non-hydrogen) atoms. The predicted octanol–water partition coefficient (Wildman–Crippen LogP) is 1.50. The van der Waals surface area contributed by atoms with Crippen LogP contribution in [0.2, 0.25) is 5.02 Å². The molecule has 0 aromatic heterocycles. The molecule has 1 fully saturated rings. The van der Waals surface area contributed by atoms with Crippen molar-refractivity contribution in [3.8, 4) is 0 Å². The van der Waals surface area contributed by atoms with Crippen LogP contribution in [0, 0.1) is 5.82 Å². The second-order valence-electron chi connectivity index (χ2n) is 4.83. The van der Waals surface area contributed by atoms with Crippen molar-refractivity contribution >= 4 is 17.5 Å². The van der Waals surface area contributed by atoms with Gasteiger partial charge in [0.05, 0.1) is 5.02 Å². The minimum atomic E-state index is -0.512. The predicted molar refractivity (Wildman–Crippen MR) is 77.7 cm³/mol. The van der Waals surface area contributed by atoms with E-state index in [1.807, 2.05) is 0 Å². The minimum Gasteiger partial charge on any atom is -0.352 e. The van der Waals surface area contributed by atoms with Crippen molar-refractivity contribution in [1.82, 2.24) is 15.5 Å². The van der Waals surface area contributed by atoms with Gasteiger partial charge in [-0.3, -0.25) is 4.79 Å². The highest BCUT2D eigenvalue weighted by Gasteiger charge is 2.10. The molecule has 4 nitrogen and oxygen atoms in total. The molecule has 2 rings (SSSR count). The summed E-state index contributed by atoms with van der Waals surface area (Å²) in [6.07, 6.45) is 0.903. The van der Waals surface area contributed by atoms with Crippen molar-refractivity contribution in [2.75, 3.05) is 39.3 Å². The van der Waals surface area contributed by atoms with Gasteiger partial charge in [0.15, 0.2) is 0 Å². The first kappa shape index (κ1) is 15.2. The van der Waals surface area contributed by atoms with E-state index in [-0.39, 0.29) is 10.9 Å². The zero-order valence-electron chi connectivity index (χ0n) is 11.3. The van der Waals surface area contributed by atoms with Crippen LogP contribution in [0.5, 0.6) is 0 Å². The summed E-state index contributed by atoms with van der Waals surface area (Å²) in [6, 6.07) is 3.99. The number of carbonyl (C=O) groups excluding carboxylic acids is 1. The lowest BCUT2D eigenvalue weighted by molar-refractivity contribution is 0.0951. The highest BCUT2D eigenvalue weighted by atomic mass is 35.5. The van der Waals surface area contributed by atoms with Gasteiger partial charge in [-0.1, -0.05) is 11.6 Å². The molecule has 1 heterocycles. The van der Waals surface area contributed by atoms with E-state index in [0.717, 1.165) is 39.1 Å². The Morgan fingerprint density at radius 2 is 2.15 bits per heavy atom. The van der Waals surface area contributed by atoms with Crippen molar-refractivity contribution in [1.29, 1.82) is 0 Å². The summed E-state index contributed by atoms with van der Waals surface area (Å²) in [5, 5.41) is 6.09. The number of amides is 1. The highest BCUT2D eigenvalue weighted by molar-refractivity contribution is 6.31. The van der Waals surface area contributed by atoms with Gasteiger partial charge in [-0.25, -0.2) is 4.39 Å². The van der Waals surface area contributed by atoms with Crippen LogP contribution in [0.25, 0.3) is 0 Å². The third-order valence-corrected chi connectivity index (χ3v) is 3.62. The number of nitrogens with zero attached hydrogens (tertiary/aromatic N) is 1. The van der Waals surface area contributed by atoms with Crippen LogP contribution >= 0.6 is 11.6 Å². The van der Waals surface area contributed by atoms with E-state index in [0.29, 0.717) is 12.1 Å². The Hall–Kier alpha value is -1.17. The first-order chi connectivity index (χ1) is 9.66. The zero-order valence-corrected chi connectivity index (χ0v) is 12.0. The van der Waals surface area contributed by atoms with E-state index >= 15 is 0 Å². The molecule has 0 bridgehead atoms. The fourth-order valence-electron chi connectivity index (χ4n) is 2.18. The van der Waals surface area contributed by atoms with Gasteiger partial charge in [0.2, 0.25) is 0 Å². The molecule has 1 aliphatic heterocycles. The van der Waals surface area contributed by atoms with Crippen molar-refractivity contribution in [3.05, 3.63) is 34.6 Å². The molecular weight excluding hydrogens is 281 g/mol. The van der Waals surface area contributed by atoms with Gasteiger partial charge < -0.3 is 15.5 Å². The summed E-state index contributed by atoms with van der Waals surface area (Å²) in [5.41, 5.74) is 0.388. The Bertz CT molecular complexity index is 464. The molecule has 1 amide bonds. The van der Waals surface area contributed by atoms with Crippen molar-refractivity contribution in [2.24, 2.45) is 0 Å². The van der Waals surface area contributed by atoms with Gasteiger partial charge in [-0.15, -0.1) is 0 Å². The molecule has 2 N–H and O–H groups in total. The first-order valence-corrected chi connectivity index (χ1v) is 7.21. The second-order valence-corrected chi connectivity index (χ2v) is 5.24. The Kier molecular flexibility index (Phi) is 5.76. The van der Waals surface area contributed by atoms with E-state index in [2.05, 4.69) is 15.5 Å². The van der Waals surface area contributed by atoms with Crippen LogP contribution in [-0.2, 0) is 0 Å². The number of piperazine rings is 1. The molecule has 0 spiro atoms. The number of hydrogen-bond donors (Lipinski definition) is 2. The Balaban J connectivity index is 1.70. The maximum absolute atomic E-state index is 13.0. The lowest BCUT2D eigenvalue weighted by atomic mass is 10.2. The van der Waals surface area contributed by atoms with Crippen molar-refractivity contribution in [3.63, 3.8) is 0 Å². The quantitative estimate of drug-likeness (QED) is 0.810. The van der Waals surface area contributed by atoms with Crippen LogP contribution in [0.15, 0.2) is 18.2 Å². The van der Waals surface area contributed by atoms with Gasteiger partial charge in [0, 0.05) is 38.3 Å². The largest absolute Gasteiger partial charge is 0.352 e. The van der Waals surface area contributed by atoms with E-state index in [4.69, 9.17) is 11.6 Å². The maximum atomic E-state index is 13.0. The van der Waals surface area contributed by atoms with E-state index < -0.39 is 5.82 Å². The Morgan fingerprint density at radius 1 is 1.40 bits per heavy atom. The fraction of sp³-hybridized carbons (Fsp3) is 0.500. The summed E-state index contributed by atoms with van der Waals surface area (Å²) in [5.74, 6) is -0.728. The summed E-state index contributed by atoms with van der Waals surface area (Å²) in [4.78, 5) is 14.2. The van der Waals surface area contributed by atoms with Gasteiger partial charge in [-0.05, 0) is 31.2 Å². The number of halogens is 2. The molecule has 0 aliphatic carbocycles. The van der Waals surface area contributed by atoms with Crippen LogP contribution < -0.4 is 10.6 Å². The highest BCUT2D eigenvalue weighted by Crippen LogP contribution is 2.15. The average Bonchev–Trinajstić information content (AvgIpc) is 2.47. The maximum Gasteiger partial charge on any atom is 0.251 e. The van der Waals surface area contributed by atoms with Gasteiger partial charge in [0.1, 0.15) is 5.82 Å². The van der Waals surface area contributed by atoms with Gasteiger partial charge in [0.25, 0.3) is 5.91 Å². The minimum absolute atomic E-state index is 0.0292. The molecule has 1 aliphatic rings. The number of benzene rings is 1. The second kappa shape index (κ2) is 7.57. The molecule has 0 saturated carbocycles. The van der Waals surface area contributed by atoms with Crippen LogP contribution in [0.1, 0.15) is 16.8 Å². The molecule has 0 atom stereocenters. The van der Waals surface area contributed by atoms with Gasteiger partial charge in [-0.2, -0.15) is 0 Å². The molecular formula is C14H19ClFN3O. The monoisotopic (exact) mass is 299 g/mol. The molecule has 0 radical (unpaired) electrons. The summed E-state index contributed by atoms with van der Waals surface area (Å²) >= 11 is 5.65. The summed E-state index contributed by atoms with van der Waals surface area (Å²) < 4.78 is 13.0. The van der Waals surface area contributed by atoms with Gasteiger partial charge >= 0.3 is 0 Å². The number of hydrogen-bond acceptors (Lipinski definition) is 3. The molecule has 6 heteroatoms. The summed E-state index contributed by atoms with van der Waals surface area (Å²) in [7, 11) is 0. The third-order valence-electron chi connectivity index (χ3n) is 3.33. The standard InChI is InChI=1S/C14H19ClFN3O/c15-12-10-11(2-3-13(12)16)14(20)18-4-1-7-19-8-5-17-6-9-19/h2-3,10,17H,1,4-9H2,(H,18,20). The molecule has 110 valence electrons. The lowest BCUT2D eigenvalue weighted by Crippen LogP contribution is -2.44. The fourth-order valence-corrected chi connectivity index (χ4v) is 2.36. The number of rotatable bonds is 5. The van der Waals surface area contributed by atoms with Crippen LogP contribution in [-0.4, -0.2) is 50.1 Å². The first-order valence-electron chi connectivity index (χ1n) is 6.83. The van der Waals surface area contributed by atoms with Crippen LogP contribution in [0.3, 0.4) is 0 Å². The average molecular weight is 300 g/mol. The molecule has 1 aromatic rings. The third kappa shape index (κ3) is 4.44. The Morgan fingerprint density at radius 3 is 2.85 bits per heavy atom. The summed E-state index contributed by atoms with van der Waals surface area (Å²) in [6.45, 7) is 5.76.